The van der Waals surface area contributed by atoms with Crippen molar-refractivity contribution in [1.82, 2.24) is 0 Å². The highest BCUT2D eigenvalue weighted by molar-refractivity contribution is 5.16. The van der Waals surface area contributed by atoms with Gasteiger partial charge in [0, 0.05) is 0 Å². The first-order chi connectivity index (χ1) is 7.95. The molecule has 1 atom stereocenters. The van der Waals surface area contributed by atoms with Crippen LogP contribution in [0.25, 0.3) is 0 Å². The van der Waals surface area contributed by atoms with Crippen molar-refractivity contribution in [1.29, 1.82) is 0 Å². The molecule has 1 rings (SSSR count). The molecule has 0 N–H and O–H groups in total. The second-order valence-electron chi connectivity index (χ2n) is 4.20. The summed E-state index contributed by atoms with van der Waals surface area (Å²) in [6, 6.07) is 9.22. The Morgan fingerprint density at radius 2 is 1.76 bits per heavy atom. The minimum absolute atomic E-state index is 0.0346. The molecule has 94 valence electrons. The van der Waals surface area contributed by atoms with Crippen LogP contribution in [0.2, 0.25) is 0 Å². The molecule has 0 aliphatic heterocycles. The second kappa shape index (κ2) is 5.39. The molecule has 1 aromatic rings. The summed E-state index contributed by atoms with van der Waals surface area (Å²) >= 11 is 0. The molecule has 0 nitrogen and oxygen atoms in total. The highest BCUT2D eigenvalue weighted by atomic mass is 19.4. The number of benzene rings is 1. The maximum absolute atomic E-state index is 13.0. The van der Waals surface area contributed by atoms with Crippen molar-refractivity contribution in [3.8, 4) is 0 Å². The van der Waals surface area contributed by atoms with E-state index in [4.69, 9.17) is 0 Å². The zero-order chi connectivity index (χ0) is 12.9. The molecule has 0 heterocycles. The summed E-state index contributed by atoms with van der Waals surface area (Å²) < 4.78 is 39.0. The average Bonchev–Trinajstić information content (AvgIpc) is 2.30. The van der Waals surface area contributed by atoms with Gasteiger partial charge >= 0.3 is 6.18 Å². The Labute approximate surface area is 100 Å². The molecule has 0 spiro atoms. The quantitative estimate of drug-likeness (QED) is 0.653. The number of hydrogen-bond acceptors (Lipinski definition) is 0. The number of allylic oxidation sites excluding steroid dienone is 1. The molecule has 1 aromatic carbocycles. The van der Waals surface area contributed by atoms with E-state index in [2.05, 4.69) is 6.58 Å². The molecule has 1 unspecified atom stereocenters. The van der Waals surface area contributed by atoms with Gasteiger partial charge in [0.15, 0.2) is 0 Å². The van der Waals surface area contributed by atoms with Crippen LogP contribution >= 0.6 is 0 Å². The molecule has 0 amide bonds. The van der Waals surface area contributed by atoms with Gasteiger partial charge in [-0.05, 0) is 24.8 Å². The first kappa shape index (κ1) is 13.8. The van der Waals surface area contributed by atoms with Crippen LogP contribution in [0.3, 0.4) is 0 Å². The molecule has 3 heteroatoms. The molecule has 0 aliphatic carbocycles. The second-order valence-corrected chi connectivity index (χ2v) is 4.20. The summed E-state index contributed by atoms with van der Waals surface area (Å²) in [5.41, 5.74) is -0.834. The van der Waals surface area contributed by atoms with Gasteiger partial charge in [0.2, 0.25) is 0 Å². The van der Waals surface area contributed by atoms with Crippen molar-refractivity contribution in [3.05, 3.63) is 48.6 Å². The fraction of sp³-hybridized carbons (Fsp3) is 0.429. The van der Waals surface area contributed by atoms with Crippen molar-refractivity contribution >= 4 is 0 Å². The van der Waals surface area contributed by atoms with E-state index in [0.717, 1.165) is 11.6 Å². The van der Waals surface area contributed by atoms with E-state index in [9.17, 15) is 13.2 Å². The van der Waals surface area contributed by atoms with E-state index in [0.29, 0.717) is 6.42 Å². The third kappa shape index (κ3) is 3.11. The van der Waals surface area contributed by atoms with Crippen LogP contribution in [0.4, 0.5) is 13.2 Å². The zero-order valence-corrected chi connectivity index (χ0v) is 9.93. The van der Waals surface area contributed by atoms with Crippen LogP contribution < -0.4 is 0 Å². The van der Waals surface area contributed by atoms with E-state index >= 15 is 0 Å². The maximum Gasteiger partial charge on any atom is 0.397 e. The van der Waals surface area contributed by atoms with E-state index < -0.39 is 11.6 Å². The molecule has 0 saturated heterocycles. The molecular formula is C14H17F3. The molecule has 0 fully saturated rings. The van der Waals surface area contributed by atoms with E-state index in [1.54, 1.807) is 6.92 Å². The number of alkyl halides is 3. The van der Waals surface area contributed by atoms with Crippen LogP contribution in [0.5, 0.6) is 0 Å². The zero-order valence-electron chi connectivity index (χ0n) is 9.93. The van der Waals surface area contributed by atoms with E-state index in [1.165, 1.54) is 0 Å². The van der Waals surface area contributed by atoms with Gasteiger partial charge < -0.3 is 0 Å². The van der Waals surface area contributed by atoms with Gasteiger partial charge in [-0.1, -0.05) is 43.3 Å². The predicted octanol–water partition coefficient (Wildman–Crippen LogP) is 4.76. The van der Waals surface area contributed by atoms with Crippen LogP contribution in [0.1, 0.15) is 25.3 Å². The molecule has 0 aromatic heterocycles. The van der Waals surface area contributed by atoms with Crippen molar-refractivity contribution in [2.24, 2.45) is 5.41 Å². The topological polar surface area (TPSA) is 0 Å². The lowest BCUT2D eigenvalue weighted by Gasteiger charge is -2.31. The normalized spacial score (nSPS) is 15.3. The van der Waals surface area contributed by atoms with Gasteiger partial charge in [-0.3, -0.25) is 0 Å². The summed E-state index contributed by atoms with van der Waals surface area (Å²) in [6.07, 6.45) is -2.66. The molecular weight excluding hydrogens is 225 g/mol. The summed E-state index contributed by atoms with van der Waals surface area (Å²) in [6.45, 7) is 4.92. The fourth-order valence-electron chi connectivity index (χ4n) is 1.89. The highest BCUT2D eigenvalue weighted by Crippen LogP contribution is 2.45. The summed E-state index contributed by atoms with van der Waals surface area (Å²) in [7, 11) is 0. The Bertz CT molecular complexity index is 353. The monoisotopic (exact) mass is 242 g/mol. The summed E-state index contributed by atoms with van der Waals surface area (Å²) in [4.78, 5) is 0. The Morgan fingerprint density at radius 3 is 2.18 bits per heavy atom. The Hall–Kier alpha value is -1.25. The van der Waals surface area contributed by atoms with Crippen LogP contribution in [0, 0.1) is 5.41 Å². The SMILES string of the molecule is C=CC(CC)(CCc1ccccc1)C(F)(F)F. The van der Waals surface area contributed by atoms with Crippen molar-refractivity contribution in [3.63, 3.8) is 0 Å². The molecule has 17 heavy (non-hydrogen) atoms. The third-order valence-electron chi connectivity index (χ3n) is 3.29. The fourth-order valence-corrected chi connectivity index (χ4v) is 1.89. The molecule has 0 saturated carbocycles. The first-order valence-corrected chi connectivity index (χ1v) is 5.69. The average molecular weight is 242 g/mol. The Morgan fingerprint density at radius 1 is 1.18 bits per heavy atom. The third-order valence-corrected chi connectivity index (χ3v) is 3.29. The number of rotatable bonds is 5. The lowest BCUT2D eigenvalue weighted by Crippen LogP contribution is -2.36. The number of aryl methyl sites for hydroxylation is 1. The maximum atomic E-state index is 13.0. The lowest BCUT2D eigenvalue weighted by atomic mass is 9.79. The smallest absolute Gasteiger partial charge is 0.170 e. The Kier molecular flexibility index (Phi) is 4.38. The molecule has 0 radical (unpaired) electrons. The van der Waals surface area contributed by atoms with Gasteiger partial charge in [0.25, 0.3) is 0 Å². The summed E-state index contributed by atoms with van der Waals surface area (Å²) in [5, 5.41) is 0. The predicted molar refractivity (Wildman–Crippen MR) is 63.7 cm³/mol. The summed E-state index contributed by atoms with van der Waals surface area (Å²) in [5.74, 6) is 0. The van der Waals surface area contributed by atoms with E-state index in [1.807, 2.05) is 30.3 Å². The minimum atomic E-state index is -4.22. The first-order valence-electron chi connectivity index (χ1n) is 5.69. The van der Waals surface area contributed by atoms with Gasteiger partial charge in [0.05, 0.1) is 5.41 Å². The van der Waals surface area contributed by atoms with Gasteiger partial charge in [-0.2, -0.15) is 13.2 Å². The molecule has 0 bridgehead atoms. The Balaban J connectivity index is 2.79. The molecule has 0 aliphatic rings. The van der Waals surface area contributed by atoms with Gasteiger partial charge in [-0.15, -0.1) is 6.58 Å². The van der Waals surface area contributed by atoms with Crippen molar-refractivity contribution < 1.29 is 13.2 Å². The number of halogens is 3. The van der Waals surface area contributed by atoms with Crippen molar-refractivity contribution in [2.75, 3.05) is 0 Å². The van der Waals surface area contributed by atoms with Crippen LogP contribution in [0.15, 0.2) is 43.0 Å². The van der Waals surface area contributed by atoms with Crippen molar-refractivity contribution in [2.45, 2.75) is 32.4 Å². The van der Waals surface area contributed by atoms with Gasteiger partial charge in [-0.25, -0.2) is 0 Å². The number of hydrogen-bond donors (Lipinski definition) is 0. The minimum Gasteiger partial charge on any atom is -0.170 e. The van der Waals surface area contributed by atoms with Gasteiger partial charge in [0.1, 0.15) is 0 Å². The lowest BCUT2D eigenvalue weighted by molar-refractivity contribution is -0.209. The van der Waals surface area contributed by atoms with Crippen LogP contribution in [-0.4, -0.2) is 6.18 Å². The standard InChI is InChI=1S/C14H17F3/c1-3-13(4-2,14(15,16)17)11-10-12-8-6-5-7-9-12/h3,5-9H,1,4,10-11H2,2H3. The highest BCUT2D eigenvalue weighted by Gasteiger charge is 2.50. The van der Waals surface area contributed by atoms with E-state index in [-0.39, 0.29) is 12.8 Å². The largest absolute Gasteiger partial charge is 0.397 e. The van der Waals surface area contributed by atoms with Crippen LogP contribution in [-0.2, 0) is 6.42 Å².